The Labute approximate surface area is 68.0 Å². The standard InChI is InChI=1S/C6H10O6/c7-1-2(8)5-3(9)4(10)6(11)12-5/h2-5,7-10H,1H2/t2?,3-,4?,5-/m1/s1. The molecule has 4 atom stereocenters. The molecule has 1 fully saturated rings. The Bertz CT molecular complexity index is 181. The first kappa shape index (κ1) is 9.40. The molecule has 1 aliphatic heterocycles. The zero-order chi connectivity index (χ0) is 9.30. The topological polar surface area (TPSA) is 107 Å². The van der Waals surface area contributed by atoms with E-state index in [1.54, 1.807) is 0 Å². The summed E-state index contributed by atoms with van der Waals surface area (Å²) in [7, 11) is 0. The van der Waals surface area contributed by atoms with Crippen molar-refractivity contribution in [1.82, 2.24) is 0 Å². The molecule has 0 radical (unpaired) electrons. The van der Waals surface area contributed by atoms with Crippen molar-refractivity contribution in [2.45, 2.75) is 24.4 Å². The third-order valence-corrected chi connectivity index (χ3v) is 1.72. The Balaban J connectivity index is 2.64. The smallest absolute Gasteiger partial charge is 0.338 e. The highest BCUT2D eigenvalue weighted by molar-refractivity contribution is 5.77. The van der Waals surface area contributed by atoms with Gasteiger partial charge in [0.1, 0.15) is 12.2 Å². The van der Waals surface area contributed by atoms with Crippen molar-refractivity contribution < 1.29 is 30.0 Å². The summed E-state index contributed by atoms with van der Waals surface area (Å²) < 4.78 is 4.39. The van der Waals surface area contributed by atoms with Crippen molar-refractivity contribution >= 4 is 5.97 Å². The maximum atomic E-state index is 10.6. The van der Waals surface area contributed by atoms with Crippen molar-refractivity contribution in [3.63, 3.8) is 0 Å². The molecular formula is C6H10O6. The number of aliphatic hydroxyl groups excluding tert-OH is 4. The molecule has 0 spiro atoms. The minimum Gasteiger partial charge on any atom is -0.455 e. The first-order chi connectivity index (χ1) is 5.57. The molecule has 0 amide bonds. The van der Waals surface area contributed by atoms with Crippen LogP contribution in [0.1, 0.15) is 0 Å². The summed E-state index contributed by atoms with van der Waals surface area (Å²) in [6, 6.07) is 0. The second-order valence-electron chi connectivity index (χ2n) is 2.59. The predicted octanol–water partition coefficient (Wildman–Crippen LogP) is -3.01. The van der Waals surface area contributed by atoms with Crippen molar-refractivity contribution in [3.05, 3.63) is 0 Å². The molecule has 0 aromatic heterocycles. The van der Waals surface area contributed by atoms with Crippen molar-refractivity contribution in [2.24, 2.45) is 0 Å². The maximum absolute atomic E-state index is 10.6. The number of cyclic esters (lactones) is 1. The van der Waals surface area contributed by atoms with Crippen molar-refractivity contribution in [1.29, 1.82) is 0 Å². The van der Waals surface area contributed by atoms with E-state index in [1.807, 2.05) is 0 Å². The zero-order valence-corrected chi connectivity index (χ0v) is 6.12. The van der Waals surface area contributed by atoms with E-state index in [-0.39, 0.29) is 0 Å². The highest BCUT2D eigenvalue weighted by Crippen LogP contribution is 2.18. The Morgan fingerprint density at radius 3 is 2.42 bits per heavy atom. The molecule has 1 rings (SSSR count). The number of carbonyl (C=O) groups excluding carboxylic acids is 1. The molecule has 2 unspecified atom stereocenters. The highest BCUT2D eigenvalue weighted by Gasteiger charge is 2.45. The number of aliphatic hydroxyl groups is 4. The molecule has 0 saturated carbocycles. The minimum atomic E-state index is -1.63. The van der Waals surface area contributed by atoms with Gasteiger partial charge in [0, 0.05) is 0 Å². The van der Waals surface area contributed by atoms with E-state index in [2.05, 4.69) is 4.74 Å². The molecule has 6 nitrogen and oxygen atoms in total. The van der Waals surface area contributed by atoms with Crippen LogP contribution in [0.4, 0.5) is 0 Å². The number of esters is 1. The van der Waals surface area contributed by atoms with E-state index in [4.69, 9.17) is 20.4 Å². The van der Waals surface area contributed by atoms with Gasteiger partial charge in [-0.05, 0) is 0 Å². The van der Waals surface area contributed by atoms with Gasteiger partial charge >= 0.3 is 5.97 Å². The lowest BCUT2D eigenvalue weighted by atomic mass is 10.1. The van der Waals surface area contributed by atoms with Crippen LogP contribution in [0.25, 0.3) is 0 Å². The number of hydrogen-bond acceptors (Lipinski definition) is 6. The van der Waals surface area contributed by atoms with Gasteiger partial charge in [-0.2, -0.15) is 0 Å². The normalized spacial score (nSPS) is 38.0. The predicted molar refractivity (Wildman–Crippen MR) is 35.0 cm³/mol. The first-order valence-corrected chi connectivity index (χ1v) is 3.43. The van der Waals surface area contributed by atoms with Gasteiger partial charge in [0.15, 0.2) is 12.2 Å². The molecule has 0 bridgehead atoms. The van der Waals surface area contributed by atoms with Crippen molar-refractivity contribution in [3.8, 4) is 0 Å². The van der Waals surface area contributed by atoms with Crippen LogP contribution in [-0.4, -0.2) is 57.4 Å². The molecule has 12 heavy (non-hydrogen) atoms. The van der Waals surface area contributed by atoms with Crippen LogP contribution in [0, 0.1) is 0 Å². The van der Waals surface area contributed by atoms with E-state index in [0.717, 1.165) is 0 Å². The molecule has 1 aliphatic rings. The molecule has 70 valence electrons. The Kier molecular flexibility index (Phi) is 2.63. The molecule has 1 heterocycles. The summed E-state index contributed by atoms with van der Waals surface area (Å²) in [5.41, 5.74) is 0. The fourth-order valence-corrected chi connectivity index (χ4v) is 1.00. The molecule has 0 aromatic rings. The van der Waals surface area contributed by atoms with E-state index >= 15 is 0 Å². The molecule has 0 aromatic carbocycles. The van der Waals surface area contributed by atoms with Crippen LogP contribution < -0.4 is 0 Å². The fraction of sp³-hybridized carbons (Fsp3) is 0.833. The second kappa shape index (κ2) is 3.36. The summed E-state index contributed by atoms with van der Waals surface area (Å²) in [5, 5.41) is 35.3. The minimum absolute atomic E-state index is 0.637. The molecule has 1 saturated heterocycles. The third-order valence-electron chi connectivity index (χ3n) is 1.72. The lowest BCUT2D eigenvalue weighted by molar-refractivity contribution is -0.151. The van der Waals surface area contributed by atoms with Crippen LogP contribution in [0.2, 0.25) is 0 Å². The molecule has 0 aliphatic carbocycles. The maximum Gasteiger partial charge on any atom is 0.338 e. The van der Waals surface area contributed by atoms with Gasteiger partial charge in [-0.25, -0.2) is 4.79 Å². The van der Waals surface area contributed by atoms with E-state index in [1.165, 1.54) is 0 Å². The summed E-state index contributed by atoms with van der Waals surface area (Å²) in [6.07, 6.45) is -5.70. The van der Waals surface area contributed by atoms with Gasteiger partial charge in [-0.1, -0.05) is 0 Å². The third kappa shape index (κ3) is 1.42. The summed E-state index contributed by atoms with van der Waals surface area (Å²) in [5.74, 6) is -0.986. The monoisotopic (exact) mass is 178 g/mol. The lowest BCUT2D eigenvalue weighted by Crippen LogP contribution is -2.40. The van der Waals surface area contributed by atoms with Gasteiger partial charge in [0.25, 0.3) is 0 Å². The van der Waals surface area contributed by atoms with Crippen LogP contribution in [-0.2, 0) is 9.53 Å². The van der Waals surface area contributed by atoms with Crippen molar-refractivity contribution in [2.75, 3.05) is 6.61 Å². The van der Waals surface area contributed by atoms with Crippen LogP contribution in [0.15, 0.2) is 0 Å². The zero-order valence-electron chi connectivity index (χ0n) is 6.12. The number of carbonyl (C=O) groups is 1. The molecular weight excluding hydrogens is 168 g/mol. The lowest BCUT2D eigenvalue weighted by Gasteiger charge is -2.17. The number of rotatable bonds is 2. The van der Waals surface area contributed by atoms with Gasteiger partial charge in [-0.15, -0.1) is 0 Å². The van der Waals surface area contributed by atoms with Gasteiger partial charge in [0.2, 0.25) is 0 Å². The highest BCUT2D eigenvalue weighted by atomic mass is 16.6. The quantitative estimate of drug-likeness (QED) is 0.335. The Morgan fingerprint density at radius 2 is 2.08 bits per heavy atom. The molecule has 4 N–H and O–H groups in total. The summed E-state index contributed by atoms with van der Waals surface area (Å²) in [6.45, 7) is -0.637. The number of ether oxygens (including phenoxy) is 1. The van der Waals surface area contributed by atoms with E-state index in [0.29, 0.717) is 0 Å². The van der Waals surface area contributed by atoms with Crippen LogP contribution in [0.3, 0.4) is 0 Å². The molecule has 6 heteroatoms. The van der Waals surface area contributed by atoms with E-state index < -0.39 is 37.0 Å². The fourth-order valence-electron chi connectivity index (χ4n) is 1.00. The number of hydrogen-bond donors (Lipinski definition) is 4. The average molecular weight is 178 g/mol. The average Bonchev–Trinajstić information content (AvgIpc) is 2.32. The Hall–Kier alpha value is -0.690. The van der Waals surface area contributed by atoms with Crippen LogP contribution >= 0.6 is 0 Å². The van der Waals surface area contributed by atoms with Gasteiger partial charge < -0.3 is 25.2 Å². The van der Waals surface area contributed by atoms with Crippen LogP contribution in [0.5, 0.6) is 0 Å². The second-order valence-corrected chi connectivity index (χ2v) is 2.59. The van der Waals surface area contributed by atoms with Gasteiger partial charge in [0.05, 0.1) is 6.61 Å². The first-order valence-electron chi connectivity index (χ1n) is 3.43. The largest absolute Gasteiger partial charge is 0.455 e. The van der Waals surface area contributed by atoms with Gasteiger partial charge in [-0.3, -0.25) is 0 Å². The summed E-state index contributed by atoms with van der Waals surface area (Å²) in [4.78, 5) is 10.6. The van der Waals surface area contributed by atoms with E-state index in [9.17, 15) is 4.79 Å². The summed E-state index contributed by atoms with van der Waals surface area (Å²) >= 11 is 0. The Morgan fingerprint density at radius 1 is 1.50 bits per heavy atom. The SMILES string of the molecule is O=C1O[C@H](C(O)CO)[C@H](O)C1O.